The summed E-state index contributed by atoms with van der Waals surface area (Å²) >= 11 is 0. The molecule has 0 spiro atoms. The van der Waals surface area contributed by atoms with Crippen molar-refractivity contribution in [3.8, 4) is 0 Å². The third-order valence-corrected chi connectivity index (χ3v) is 5.96. The Morgan fingerprint density at radius 2 is 0.643 bits per heavy atom. The molecule has 2 N–H and O–H groups in total. The Hall–Kier alpha value is -2.99. The normalized spacial score (nSPS) is 19.5. The molecule has 0 heterocycles. The van der Waals surface area contributed by atoms with Crippen molar-refractivity contribution in [3.05, 3.63) is 29.8 Å². The second kappa shape index (κ2) is 14.1. The molecule has 36 heteroatoms. The third kappa shape index (κ3) is 8.43. The fourth-order valence-corrected chi connectivity index (χ4v) is 3.26. The molecule has 0 bridgehead atoms. The van der Waals surface area contributed by atoms with Gasteiger partial charge in [0, 0.05) is 5.56 Å². The predicted molar refractivity (Wildman–Crippen MR) is 110 cm³/mol. The molecule has 56 heavy (non-hydrogen) atoms. The van der Waals surface area contributed by atoms with E-state index in [2.05, 4.69) is 0 Å². The first-order valence-electron chi connectivity index (χ1n) is 12.2. The fourth-order valence-electron chi connectivity index (χ4n) is 3.26. The lowest BCUT2D eigenvalue weighted by Gasteiger charge is -2.44. The maximum Gasteiger partial charge on any atom is 0.488 e. The van der Waals surface area contributed by atoms with E-state index in [9.17, 15) is 123 Å². The van der Waals surface area contributed by atoms with Crippen molar-refractivity contribution >= 4 is 12.6 Å². The Morgan fingerprint density at radius 3 is 0.911 bits per heavy atom. The van der Waals surface area contributed by atoms with Gasteiger partial charge in [0.25, 0.3) is 0 Å². The van der Waals surface area contributed by atoms with E-state index >= 15 is 4.39 Å². The number of benzene rings is 1. The van der Waals surface area contributed by atoms with Crippen LogP contribution in [0.5, 0.6) is 0 Å². The Bertz CT molecular complexity index is 1530. The fraction of sp³-hybridized carbons (Fsp3) is 0.700. The summed E-state index contributed by atoms with van der Waals surface area (Å²) in [6, 6.07) is -0.452. The zero-order valence-electron chi connectivity index (χ0n) is 24.4. The van der Waals surface area contributed by atoms with Gasteiger partial charge < -0.3 is 10.0 Å². The number of hydrogen-bond acceptors (Lipinski definition) is 6. The van der Waals surface area contributed by atoms with Crippen molar-refractivity contribution in [3.63, 3.8) is 0 Å². The van der Waals surface area contributed by atoms with Crippen LogP contribution in [0.1, 0.15) is 5.56 Å². The van der Waals surface area contributed by atoms with Crippen LogP contribution in [-0.4, -0.2) is 96.0 Å². The first-order chi connectivity index (χ1) is 24.0. The van der Waals surface area contributed by atoms with Gasteiger partial charge in [0.1, 0.15) is 0 Å². The Kier molecular flexibility index (Phi) is 12.8. The molecular weight excluding hydrogens is 898 g/mol. The van der Waals surface area contributed by atoms with Gasteiger partial charge in [-0.05, 0) is 5.46 Å². The van der Waals surface area contributed by atoms with Gasteiger partial charge in [-0.1, -0.05) is 24.3 Å². The van der Waals surface area contributed by atoms with Crippen LogP contribution in [0.4, 0.5) is 127 Å². The van der Waals surface area contributed by atoms with E-state index in [1.807, 2.05) is 4.74 Å². The molecule has 0 aliphatic carbocycles. The monoisotopic (exact) mass is 904 g/mol. The first-order valence-corrected chi connectivity index (χ1v) is 12.2. The minimum Gasteiger partial charge on any atom is -0.423 e. The summed E-state index contributed by atoms with van der Waals surface area (Å²) in [6.45, 7) is 0. The third-order valence-electron chi connectivity index (χ3n) is 5.96. The number of ether oxygens (including phenoxy) is 4. The molecule has 1 aromatic rings. The van der Waals surface area contributed by atoms with E-state index in [-0.39, 0.29) is 12.1 Å². The smallest absolute Gasteiger partial charge is 0.423 e. The summed E-state index contributed by atoms with van der Waals surface area (Å²) in [6.07, 6.45) is -77.3. The van der Waals surface area contributed by atoms with Gasteiger partial charge in [0.15, 0.2) is 0 Å². The van der Waals surface area contributed by atoms with Gasteiger partial charge in [-0.2, -0.15) is 127 Å². The molecule has 1 aromatic carbocycles. The summed E-state index contributed by atoms with van der Waals surface area (Å²) in [5.41, 5.74) is -5.09. The minimum absolute atomic E-state index is 0.00782. The van der Waals surface area contributed by atoms with Crippen LogP contribution in [0, 0.1) is 0 Å². The SMILES string of the molecule is OB(O)c1ccccc1C(F)(OC(F)(F)C(F)(OC(F)(F)C(F)(OC(F)(F)C(F)(OC(F)(F)C(F)(F)C(F)(F)F)C(F)(F)F)C(F)(F)F)C(F)(F)F)C(F)(F)F. The second-order valence-corrected chi connectivity index (χ2v) is 9.88. The van der Waals surface area contributed by atoms with Gasteiger partial charge >= 0.3 is 91.8 Å². The lowest BCUT2D eigenvalue weighted by atomic mass is 9.75. The highest BCUT2D eigenvalue weighted by Gasteiger charge is 2.90. The summed E-state index contributed by atoms with van der Waals surface area (Å²) in [4.78, 5) is 0. The highest BCUT2D eigenvalue weighted by Crippen LogP contribution is 2.61. The van der Waals surface area contributed by atoms with E-state index in [1.165, 1.54) is 0 Å². The van der Waals surface area contributed by atoms with Gasteiger partial charge in [-0.25, -0.2) is 0 Å². The average Bonchev–Trinajstić information content (AvgIpc) is 2.92. The van der Waals surface area contributed by atoms with E-state index in [0.29, 0.717) is 6.07 Å². The van der Waals surface area contributed by atoms with Crippen molar-refractivity contribution < 1.29 is 156 Å². The number of halogens is 29. The summed E-state index contributed by atoms with van der Waals surface area (Å²) in [5, 5.41) is 18.0. The van der Waals surface area contributed by atoms with Crippen LogP contribution in [0.15, 0.2) is 24.3 Å². The van der Waals surface area contributed by atoms with Crippen molar-refractivity contribution in [1.29, 1.82) is 0 Å². The molecule has 4 unspecified atom stereocenters. The highest BCUT2D eigenvalue weighted by molar-refractivity contribution is 6.59. The molecule has 328 valence electrons. The van der Waals surface area contributed by atoms with E-state index in [4.69, 9.17) is 10.0 Å². The highest BCUT2D eigenvalue weighted by atomic mass is 19.4. The first kappa shape index (κ1) is 51.0. The molecule has 0 radical (unpaired) electrons. The standard InChI is InChI=1S/C20H6BF29O6/c22-7(12(28,29)30,5-3-1-2-4-6(5)21(51)52)53-18(45,46)9(25,14(34,35)36)55-20(49,50)11(27,16(40,41)42)56-19(47,48)10(26,15(37,38)39)54-17(43,44)8(23,24)13(31,32)33/h1-4,51-52H. The predicted octanol–water partition coefficient (Wildman–Crippen LogP) is 8.37. The van der Waals surface area contributed by atoms with Crippen LogP contribution >= 0.6 is 0 Å². The molecule has 0 amide bonds. The largest absolute Gasteiger partial charge is 0.488 e. The van der Waals surface area contributed by atoms with Crippen LogP contribution in [0.2, 0.25) is 0 Å². The van der Waals surface area contributed by atoms with Crippen LogP contribution in [0.3, 0.4) is 0 Å². The topological polar surface area (TPSA) is 77.4 Å². The van der Waals surface area contributed by atoms with Crippen molar-refractivity contribution in [1.82, 2.24) is 0 Å². The van der Waals surface area contributed by atoms with Gasteiger partial charge in [-0.3, -0.25) is 18.9 Å². The van der Waals surface area contributed by atoms with Crippen molar-refractivity contribution in [2.24, 2.45) is 0 Å². The number of rotatable bonds is 14. The molecule has 4 atom stereocenters. The molecule has 0 aromatic heterocycles. The molecule has 0 aliphatic heterocycles. The molecular formula is C20H6BF29O6. The Morgan fingerprint density at radius 1 is 0.357 bits per heavy atom. The molecule has 1 rings (SSSR count). The van der Waals surface area contributed by atoms with Crippen molar-refractivity contribution in [2.75, 3.05) is 0 Å². The maximum atomic E-state index is 15.1. The molecule has 0 saturated heterocycles. The molecule has 6 nitrogen and oxygen atoms in total. The lowest BCUT2D eigenvalue weighted by molar-refractivity contribution is -0.593. The minimum atomic E-state index is -9.25. The molecule has 0 saturated carbocycles. The average molecular weight is 904 g/mol. The second-order valence-electron chi connectivity index (χ2n) is 9.88. The summed E-state index contributed by atoms with van der Waals surface area (Å²) < 4.78 is 399. The van der Waals surface area contributed by atoms with Gasteiger partial charge in [0.2, 0.25) is 0 Å². The summed E-state index contributed by atoms with van der Waals surface area (Å²) in [7, 11) is -3.57. The molecule has 0 aliphatic rings. The summed E-state index contributed by atoms with van der Waals surface area (Å²) in [5.74, 6) is -42.6. The zero-order valence-corrected chi connectivity index (χ0v) is 24.4. The van der Waals surface area contributed by atoms with E-state index < -0.39 is 109 Å². The van der Waals surface area contributed by atoms with Crippen LogP contribution in [0.25, 0.3) is 0 Å². The van der Waals surface area contributed by atoms with Gasteiger partial charge in [0.05, 0.1) is 0 Å². The van der Waals surface area contributed by atoms with Crippen LogP contribution in [-0.2, 0) is 24.8 Å². The maximum absolute atomic E-state index is 15.1. The van der Waals surface area contributed by atoms with E-state index in [0.717, 1.165) is 14.2 Å². The Balaban J connectivity index is 4.14. The van der Waals surface area contributed by atoms with E-state index in [1.54, 1.807) is 0 Å². The lowest BCUT2D eigenvalue weighted by Crippen LogP contribution is -2.72. The van der Waals surface area contributed by atoms with Crippen LogP contribution < -0.4 is 5.46 Å². The number of hydrogen-bond donors (Lipinski definition) is 2. The zero-order chi connectivity index (χ0) is 45.4. The number of alkyl halides is 29. The van der Waals surface area contributed by atoms with Gasteiger partial charge in [-0.15, -0.1) is 0 Å². The van der Waals surface area contributed by atoms with Crippen molar-refractivity contribution in [2.45, 2.75) is 84.7 Å². The quantitative estimate of drug-likeness (QED) is 0.145. The Labute approximate surface area is 284 Å². The molecule has 0 fully saturated rings.